The lowest BCUT2D eigenvalue weighted by Gasteiger charge is -2.19. The van der Waals surface area contributed by atoms with Crippen LogP contribution < -0.4 is 10.6 Å². The SMILES string of the molecule is CN=C(NCc1ccc(-n2cccn2)cc1)NCC1(c2ccccc2)CC1. The average molecular weight is 359 g/mol. The minimum atomic E-state index is 0.268. The third kappa shape index (κ3) is 4.03. The second-order valence-electron chi connectivity index (χ2n) is 7.04. The zero-order chi connectivity index (χ0) is 18.5. The summed E-state index contributed by atoms with van der Waals surface area (Å²) in [5.41, 5.74) is 3.95. The summed E-state index contributed by atoms with van der Waals surface area (Å²) >= 11 is 0. The topological polar surface area (TPSA) is 54.2 Å². The third-order valence-corrected chi connectivity index (χ3v) is 5.22. The van der Waals surface area contributed by atoms with Crippen LogP contribution >= 0.6 is 0 Å². The summed E-state index contributed by atoms with van der Waals surface area (Å²) in [5, 5.41) is 11.2. The van der Waals surface area contributed by atoms with E-state index in [0.29, 0.717) is 0 Å². The molecule has 5 nitrogen and oxygen atoms in total. The van der Waals surface area contributed by atoms with Crippen LogP contribution in [0.2, 0.25) is 0 Å². The molecule has 138 valence electrons. The summed E-state index contributed by atoms with van der Waals surface area (Å²) in [7, 11) is 1.82. The molecule has 3 aromatic rings. The minimum absolute atomic E-state index is 0.268. The number of aromatic nitrogens is 2. The first-order valence-corrected chi connectivity index (χ1v) is 9.38. The van der Waals surface area contributed by atoms with E-state index in [1.54, 1.807) is 6.20 Å². The molecule has 5 heteroatoms. The highest BCUT2D eigenvalue weighted by Crippen LogP contribution is 2.47. The van der Waals surface area contributed by atoms with Crippen LogP contribution in [0.25, 0.3) is 5.69 Å². The van der Waals surface area contributed by atoms with Crippen LogP contribution in [0.5, 0.6) is 0 Å². The Hall–Kier alpha value is -3.08. The number of guanidine groups is 1. The average Bonchev–Trinajstić information content (AvgIpc) is 3.32. The van der Waals surface area contributed by atoms with E-state index in [1.165, 1.54) is 24.0 Å². The van der Waals surface area contributed by atoms with Crippen LogP contribution in [0.15, 0.2) is 78.0 Å². The summed E-state index contributed by atoms with van der Waals surface area (Å²) < 4.78 is 1.86. The zero-order valence-electron chi connectivity index (χ0n) is 15.6. The van der Waals surface area contributed by atoms with Gasteiger partial charge in [0.1, 0.15) is 0 Å². The standard InChI is InChI=1S/C22H25N5/c1-23-21(25-17-22(12-13-22)19-6-3-2-4-7-19)24-16-18-8-10-20(11-9-18)27-15-5-14-26-27/h2-11,14-15H,12-13,16-17H2,1H3,(H2,23,24,25). The second-order valence-corrected chi connectivity index (χ2v) is 7.04. The van der Waals surface area contributed by atoms with Gasteiger partial charge in [-0.1, -0.05) is 42.5 Å². The van der Waals surface area contributed by atoms with Crippen molar-refractivity contribution in [2.45, 2.75) is 24.8 Å². The Balaban J connectivity index is 1.31. The Morgan fingerprint density at radius 3 is 2.44 bits per heavy atom. The first kappa shape index (κ1) is 17.3. The van der Waals surface area contributed by atoms with Gasteiger partial charge >= 0.3 is 0 Å². The van der Waals surface area contributed by atoms with E-state index in [-0.39, 0.29) is 5.41 Å². The van der Waals surface area contributed by atoms with Crippen LogP contribution in [0.1, 0.15) is 24.0 Å². The van der Waals surface area contributed by atoms with Crippen molar-refractivity contribution in [3.63, 3.8) is 0 Å². The van der Waals surface area contributed by atoms with Gasteiger partial charge in [-0.3, -0.25) is 4.99 Å². The quantitative estimate of drug-likeness (QED) is 0.525. The van der Waals surface area contributed by atoms with Gasteiger partial charge in [0.2, 0.25) is 0 Å². The molecule has 0 atom stereocenters. The molecular formula is C22H25N5. The van der Waals surface area contributed by atoms with Crippen molar-refractivity contribution in [1.82, 2.24) is 20.4 Å². The number of benzene rings is 2. The molecule has 1 aromatic heterocycles. The van der Waals surface area contributed by atoms with E-state index in [9.17, 15) is 0 Å². The number of nitrogens with one attached hydrogen (secondary N) is 2. The lowest BCUT2D eigenvalue weighted by atomic mass is 9.96. The molecule has 0 radical (unpaired) electrons. The van der Waals surface area contributed by atoms with Gasteiger partial charge in [-0.25, -0.2) is 4.68 Å². The fourth-order valence-corrected chi connectivity index (χ4v) is 3.36. The van der Waals surface area contributed by atoms with Gasteiger partial charge in [0.25, 0.3) is 0 Å². The first-order chi connectivity index (χ1) is 13.3. The first-order valence-electron chi connectivity index (χ1n) is 9.38. The van der Waals surface area contributed by atoms with Gasteiger partial charge in [-0.05, 0) is 42.2 Å². The van der Waals surface area contributed by atoms with Crippen molar-refractivity contribution in [2.24, 2.45) is 4.99 Å². The molecule has 1 aliphatic carbocycles. The van der Waals surface area contributed by atoms with Crippen molar-refractivity contribution in [2.75, 3.05) is 13.6 Å². The molecular weight excluding hydrogens is 334 g/mol. The monoisotopic (exact) mass is 359 g/mol. The highest BCUT2D eigenvalue weighted by Gasteiger charge is 2.43. The smallest absolute Gasteiger partial charge is 0.191 e. The maximum atomic E-state index is 4.37. The molecule has 0 spiro atoms. The number of hydrogen-bond donors (Lipinski definition) is 2. The maximum Gasteiger partial charge on any atom is 0.191 e. The normalized spacial score (nSPS) is 15.4. The van der Waals surface area contributed by atoms with Crippen LogP contribution in [0, 0.1) is 0 Å². The van der Waals surface area contributed by atoms with Gasteiger partial charge in [0.05, 0.1) is 5.69 Å². The molecule has 2 N–H and O–H groups in total. The Morgan fingerprint density at radius 1 is 1.04 bits per heavy atom. The zero-order valence-corrected chi connectivity index (χ0v) is 15.6. The van der Waals surface area contributed by atoms with Crippen LogP contribution in [-0.4, -0.2) is 29.3 Å². The number of aliphatic imine (C=N–C) groups is 1. The summed E-state index contributed by atoms with van der Waals surface area (Å²) in [6, 6.07) is 21.1. The molecule has 2 aromatic carbocycles. The molecule has 0 saturated heterocycles. The Kier molecular flexibility index (Phi) is 4.92. The van der Waals surface area contributed by atoms with Crippen molar-refractivity contribution in [1.29, 1.82) is 0 Å². The molecule has 4 rings (SSSR count). The predicted molar refractivity (Wildman–Crippen MR) is 109 cm³/mol. The third-order valence-electron chi connectivity index (χ3n) is 5.22. The lowest BCUT2D eigenvalue weighted by Crippen LogP contribution is -2.40. The molecule has 1 heterocycles. The summed E-state index contributed by atoms with van der Waals surface area (Å²) in [6.45, 7) is 1.65. The van der Waals surface area contributed by atoms with Gasteiger partial charge < -0.3 is 10.6 Å². The Bertz CT molecular complexity index is 878. The molecule has 1 fully saturated rings. The van der Waals surface area contributed by atoms with Crippen molar-refractivity contribution < 1.29 is 0 Å². The molecule has 27 heavy (non-hydrogen) atoms. The van der Waals surface area contributed by atoms with E-state index in [0.717, 1.165) is 24.7 Å². The molecule has 1 saturated carbocycles. The lowest BCUT2D eigenvalue weighted by molar-refractivity contribution is 0.645. The molecule has 0 unspecified atom stereocenters. The number of rotatable bonds is 6. The summed E-state index contributed by atoms with van der Waals surface area (Å²) in [4.78, 5) is 4.37. The number of nitrogens with zero attached hydrogens (tertiary/aromatic N) is 3. The fourth-order valence-electron chi connectivity index (χ4n) is 3.36. The highest BCUT2D eigenvalue weighted by molar-refractivity contribution is 5.79. The van der Waals surface area contributed by atoms with Crippen molar-refractivity contribution >= 4 is 5.96 Å². The van der Waals surface area contributed by atoms with E-state index < -0.39 is 0 Å². The maximum absolute atomic E-state index is 4.37. The highest BCUT2D eigenvalue weighted by atomic mass is 15.3. The number of hydrogen-bond acceptors (Lipinski definition) is 2. The van der Waals surface area contributed by atoms with Crippen LogP contribution in [-0.2, 0) is 12.0 Å². The van der Waals surface area contributed by atoms with Crippen molar-refractivity contribution in [3.05, 3.63) is 84.2 Å². The van der Waals surface area contributed by atoms with Gasteiger partial charge in [-0.2, -0.15) is 5.10 Å². The largest absolute Gasteiger partial charge is 0.356 e. The van der Waals surface area contributed by atoms with Crippen LogP contribution in [0.3, 0.4) is 0 Å². The van der Waals surface area contributed by atoms with E-state index >= 15 is 0 Å². The second kappa shape index (κ2) is 7.66. The predicted octanol–water partition coefficient (Wildman–Crippen LogP) is 3.27. The van der Waals surface area contributed by atoms with E-state index in [2.05, 4.69) is 75.3 Å². The Labute approximate surface area is 160 Å². The summed E-state index contributed by atoms with van der Waals surface area (Å²) in [5.74, 6) is 0.841. The van der Waals surface area contributed by atoms with Gasteiger partial charge in [0, 0.05) is 37.9 Å². The Morgan fingerprint density at radius 2 is 1.81 bits per heavy atom. The van der Waals surface area contributed by atoms with Crippen molar-refractivity contribution in [3.8, 4) is 5.69 Å². The van der Waals surface area contributed by atoms with Gasteiger partial charge in [0.15, 0.2) is 5.96 Å². The van der Waals surface area contributed by atoms with E-state index in [1.807, 2.05) is 24.0 Å². The molecule has 0 aliphatic heterocycles. The molecule has 0 bridgehead atoms. The van der Waals surface area contributed by atoms with E-state index in [4.69, 9.17) is 0 Å². The summed E-state index contributed by atoms with van der Waals surface area (Å²) in [6.07, 6.45) is 6.19. The molecule has 0 amide bonds. The fraction of sp³-hybridized carbons (Fsp3) is 0.273. The van der Waals surface area contributed by atoms with Gasteiger partial charge in [-0.15, -0.1) is 0 Å². The molecule has 1 aliphatic rings. The minimum Gasteiger partial charge on any atom is -0.356 e. The van der Waals surface area contributed by atoms with Crippen LogP contribution in [0.4, 0.5) is 0 Å².